The minimum absolute atomic E-state index is 0.376. The Kier molecular flexibility index (Phi) is 5.44. The van der Waals surface area contributed by atoms with Crippen LogP contribution >= 0.6 is 0 Å². The number of halogens is 3. The van der Waals surface area contributed by atoms with Gasteiger partial charge in [-0.05, 0) is 25.8 Å². The number of hydrogen-bond acceptors (Lipinski definition) is 2. The van der Waals surface area contributed by atoms with Crippen LogP contribution in [0.1, 0.15) is 32.6 Å². The fourth-order valence-electron chi connectivity index (χ4n) is 2.45. The summed E-state index contributed by atoms with van der Waals surface area (Å²) in [6, 6.07) is -1.69. The van der Waals surface area contributed by atoms with Gasteiger partial charge in [-0.25, -0.2) is 0 Å². The first-order valence-corrected chi connectivity index (χ1v) is 6.38. The molecule has 1 aliphatic rings. The number of rotatable bonds is 5. The molecule has 2 unspecified atom stereocenters. The van der Waals surface area contributed by atoms with Crippen LogP contribution in [0.25, 0.3) is 0 Å². The maximum atomic E-state index is 13.0. The summed E-state index contributed by atoms with van der Waals surface area (Å²) in [5.41, 5.74) is 0. The van der Waals surface area contributed by atoms with Crippen molar-refractivity contribution >= 4 is 5.91 Å². The van der Waals surface area contributed by atoms with E-state index in [1.807, 2.05) is 0 Å². The topological polar surface area (TPSA) is 41.1 Å². The minimum atomic E-state index is -4.36. The largest absolute Gasteiger partial charge is 0.408 e. The Labute approximate surface area is 106 Å². The molecule has 0 saturated heterocycles. The van der Waals surface area contributed by atoms with Gasteiger partial charge in [-0.2, -0.15) is 13.2 Å². The predicted octanol–water partition coefficient (Wildman–Crippen LogP) is 2.08. The van der Waals surface area contributed by atoms with Crippen LogP contribution in [0.4, 0.5) is 13.2 Å². The van der Waals surface area contributed by atoms with Crippen molar-refractivity contribution in [2.24, 2.45) is 11.8 Å². The molecule has 0 heterocycles. The first-order chi connectivity index (χ1) is 8.36. The Balaban J connectivity index is 2.64. The van der Waals surface area contributed by atoms with Gasteiger partial charge in [0.1, 0.15) is 6.04 Å². The van der Waals surface area contributed by atoms with Crippen molar-refractivity contribution in [2.75, 3.05) is 13.6 Å². The van der Waals surface area contributed by atoms with Crippen molar-refractivity contribution in [1.82, 2.24) is 10.6 Å². The summed E-state index contributed by atoms with van der Waals surface area (Å²) >= 11 is 0. The van der Waals surface area contributed by atoms with Crippen LogP contribution in [0.15, 0.2) is 0 Å². The van der Waals surface area contributed by atoms with Gasteiger partial charge in [0.25, 0.3) is 0 Å². The number of carbonyl (C=O) groups is 1. The van der Waals surface area contributed by atoms with Crippen LogP contribution in [0, 0.1) is 11.8 Å². The molecule has 0 spiro atoms. The molecule has 0 bridgehead atoms. The van der Waals surface area contributed by atoms with E-state index in [2.05, 4.69) is 10.6 Å². The lowest BCUT2D eigenvalue weighted by Gasteiger charge is -2.28. The molecule has 0 aromatic rings. The van der Waals surface area contributed by atoms with Crippen LogP contribution in [0.3, 0.4) is 0 Å². The number of carbonyl (C=O) groups excluding carboxylic acids is 1. The average molecular weight is 266 g/mol. The van der Waals surface area contributed by atoms with E-state index in [0.717, 1.165) is 12.8 Å². The molecule has 18 heavy (non-hydrogen) atoms. The zero-order chi connectivity index (χ0) is 13.8. The highest BCUT2D eigenvalue weighted by atomic mass is 19.4. The van der Waals surface area contributed by atoms with Gasteiger partial charge in [0.05, 0.1) is 0 Å². The van der Waals surface area contributed by atoms with Crippen LogP contribution in [0.2, 0.25) is 0 Å². The molecule has 1 saturated carbocycles. The Morgan fingerprint density at radius 3 is 2.33 bits per heavy atom. The zero-order valence-electron chi connectivity index (χ0n) is 10.8. The summed E-state index contributed by atoms with van der Waals surface area (Å²) in [7, 11) is 1.67. The van der Waals surface area contributed by atoms with Gasteiger partial charge in [-0.3, -0.25) is 4.79 Å². The van der Waals surface area contributed by atoms with Crippen molar-refractivity contribution in [3.05, 3.63) is 0 Å². The van der Waals surface area contributed by atoms with Crippen molar-refractivity contribution in [3.8, 4) is 0 Å². The lowest BCUT2D eigenvalue weighted by molar-refractivity contribution is -0.172. The predicted molar refractivity (Wildman–Crippen MR) is 63.0 cm³/mol. The fraction of sp³-hybridized carbons (Fsp3) is 0.917. The Morgan fingerprint density at radius 2 is 1.89 bits per heavy atom. The molecule has 2 atom stereocenters. The summed E-state index contributed by atoms with van der Waals surface area (Å²) in [5, 5.41) is 4.97. The molecule has 106 valence electrons. The van der Waals surface area contributed by atoms with E-state index in [-0.39, 0.29) is 0 Å². The molecule has 0 aliphatic heterocycles. The van der Waals surface area contributed by atoms with Crippen LogP contribution in [-0.2, 0) is 4.79 Å². The second-order valence-corrected chi connectivity index (χ2v) is 5.03. The highest BCUT2D eigenvalue weighted by Crippen LogP contribution is 2.35. The van der Waals surface area contributed by atoms with Gasteiger partial charge in [0.15, 0.2) is 0 Å². The molecule has 3 nitrogen and oxygen atoms in total. The van der Waals surface area contributed by atoms with E-state index in [1.165, 1.54) is 0 Å². The van der Waals surface area contributed by atoms with Gasteiger partial charge >= 0.3 is 6.18 Å². The maximum Gasteiger partial charge on any atom is 0.408 e. The molecule has 2 N–H and O–H groups in total. The molecule has 1 fully saturated rings. The third-order valence-corrected chi connectivity index (χ3v) is 3.48. The lowest BCUT2D eigenvalue weighted by atomic mass is 9.96. The first-order valence-electron chi connectivity index (χ1n) is 6.38. The molecule has 6 heteroatoms. The van der Waals surface area contributed by atoms with Gasteiger partial charge in [0, 0.05) is 12.5 Å². The second kappa shape index (κ2) is 6.41. The van der Waals surface area contributed by atoms with Gasteiger partial charge < -0.3 is 10.6 Å². The molecular formula is C12H21F3N2O. The maximum absolute atomic E-state index is 13.0. The zero-order valence-corrected chi connectivity index (χ0v) is 10.8. The first kappa shape index (κ1) is 15.3. The van der Waals surface area contributed by atoms with Crippen molar-refractivity contribution in [1.29, 1.82) is 0 Å². The molecule has 0 aromatic heterocycles. The Bertz CT molecular complexity index is 275. The third kappa shape index (κ3) is 4.15. The lowest BCUT2D eigenvalue weighted by Crippen LogP contribution is -2.51. The van der Waals surface area contributed by atoms with Gasteiger partial charge in [0.2, 0.25) is 5.91 Å². The molecular weight excluding hydrogens is 245 g/mol. The Morgan fingerprint density at radius 1 is 1.33 bits per heavy atom. The summed E-state index contributed by atoms with van der Waals surface area (Å²) in [4.78, 5) is 11.7. The smallest absolute Gasteiger partial charge is 0.344 e. The van der Waals surface area contributed by atoms with Crippen LogP contribution in [0.5, 0.6) is 0 Å². The van der Waals surface area contributed by atoms with Crippen molar-refractivity contribution in [2.45, 2.75) is 44.8 Å². The molecule has 1 rings (SSSR count). The number of nitrogens with one attached hydrogen (secondary N) is 2. The number of amides is 1. The molecule has 1 amide bonds. The van der Waals surface area contributed by atoms with E-state index in [1.54, 1.807) is 14.0 Å². The third-order valence-electron chi connectivity index (χ3n) is 3.48. The highest BCUT2D eigenvalue weighted by Gasteiger charge is 2.46. The fourth-order valence-corrected chi connectivity index (χ4v) is 2.45. The second-order valence-electron chi connectivity index (χ2n) is 5.03. The number of hydrogen-bond donors (Lipinski definition) is 2. The summed E-state index contributed by atoms with van der Waals surface area (Å²) in [6.07, 6.45) is -1.63. The molecule has 0 aromatic carbocycles. The highest BCUT2D eigenvalue weighted by molar-refractivity contribution is 5.78. The minimum Gasteiger partial charge on any atom is -0.344 e. The van der Waals surface area contributed by atoms with E-state index in [9.17, 15) is 18.0 Å². The molecule has 0 radical (unpaired) electrons. The van der Waals surface area contributed by atoms with E-state index in [4.69, 9.17) is 0 Å². The average Bonchev–Trinajstić information content (AvgIpc) is 2.77. The summed E-state index contributed by atoms with van der Waals surface area (Å²) < 4.78 is 38.9. The normalized spacial score (nSPS) is 20.7. The van der Waals surface area contributed by atoms with E-state index in [0.29, 0.717) is 19.4 Å². The Hall–Kier alpha value is -0.780. The van der Waals surface area contributed by atoms with Crippen molar-refractivity contribution in [3.63, 3.8) is 0 Å². The van der Waals surface area contributed by atoms with Gasteiger partial charge in [-0.1, -0.05) is 19.8 Å². The quantitative estimate of drug-likeness (QED) is 0.800. The summed E-state index contributed by atoms with van der Waals surface area (Å²) in [5.74, 6) is -1.45. The van der Waals surface area contributed by atoms with Crippen LogP contribution < -0.4 is 10.6 Å². The standard InChI is InChI=1S/C12H21F3N2O/c1-8(7-16-2)11(18)17-10(12(13,14)15)9-5-3-4-6-9/h8-10,16H,3-7H2,1-2H3,(H,17,18). The van der Waals surface area contributed by atoms with E-state index < -0.39 is 30.0 Å². The van der Waals surface area contributed by atoms with Crippen molar-refractivity contribution < 1.29 is 18.0 Å². The van der Waals surface area contributed by atoms with Gasteiger partial charge in [-0.15, -0.1) is 0 Å². The molecule has 1 aliphatic carbocycles. The number of alkyl halides is 3. The SMILES string of the molecule is CNCC(C)C(=O)NC(C1CCCC1)C(F)(F)F. The monoisotopic (exact) mass is 266 g/mol. The summed E-state index contributed by atoms with van der Waals surface area (Å²) in [6.45, 7) is 2.00. The van der Waals surface area contributed by atoms with Crippen LogP contribution in [-0.4, -0.2) is 31.7 Å². The van der Waals surface area contributed by atoms with E-state index >= 15 is 0 Å².